The number of anilines is 2. The molecule has 230 valence electrons. The van der Waals surface area contributed by atoms with E-state index in [1.54, 1.807) is 0 Å². The van der Waals surface area contributed by atoms with Gasteiger partial charge < -0.3 is 20.5 Å². The molecule has 3 heterocycles. The van der Waals surface area contributed by atoms with Crippen LogP contribution in [-0.2, 0) is 32.8 Å². The maximum Gasteiger partial charge on any atom is 0.272 e. The van der Waals surface area contributed by atoms with E-state index < -0.39 is 24.0 Å². The molecule has 0 unspecified atom stereocenters. The number of ether oxygens (including phenoxy) is 2. The highest BCUT2D eigenvalue weighted by Crippen LogP contribution is 2.33. The minimum absolute atomic E-state index is 0.0360. The SMILES string of the molecule is CN(c1cnc(N)c2c(C(=O)NCc3ccccc3)nn(COCC[Si](C)(C)C)c12)S(=O)(=O)CCCN1CCOCC1. The van der Waals surface area contributed by atoms with Crippen molar-refractivity contribution in [2.45, 2.75) is 45.4 Å². The molecule has 1 aliphatic heterocycles. The molecular weight excluding hydrogens is 575 g/mol. The van der Waals surface area contributed by atoms with E-state index in [9.17, 15) is 13.2 Å². The van der Waals surface area contributed by atoms with Gasteiger partial charge in [-0.25, -0.2) is 18.1 Å². The molecule has 2 aromatic heterocycles. The molecule has 1 fully saturated rings. The van der Waals surface area contributed by atoms with Crippen molar-refractivity contribution in [2.24, 2.45) is 0 Å². The van der Waals surface area contributed by atoms with Gasteiger partial charge in [0.25, 0.3) is 5.91 Å². The van der Waals surface area contributed by atoms with Gasteiger partial charge in [-0.2, -0.15) is 5.10 Å². The highest BCUT2D eigenvalue weighted by Gasteiger charge is 2.28. The van der Waals surface area contributed by atoms with Crippen LogP contribution in [0.2, 0.25) is 25.7 Å². The number of carbonyl (C=O) groups excluding carboxylic acids is 1. The molecule has 0 spiro atoms. The second-order valence-electron chi connectivity index (χ2n) is 11.7. The molecule has 0 aliphatic carbocycles. The molecule has 1 aromatic carbocycles. The number of nitrogen functional groups attached to an aromatic ring is 1. The van der Waals surface area contributed by atoms with Crippen molar-refractivity contribution in [2.75, 3.05) is 62.3 Å². The normalized spacial score (nSPS) is 14.8. The van der Waals surface area contributed by atoms with Crippen molar-refractivity contribution in [3.63, 3.8) is 0 Å². The first-order valence-electron chi connectivity index (χ1n) is 14.3. The summed E-state index contributed by atoms with van der Waals surface area (Å²) in [5.41, 5.74) is 7.98. The number of pyridine rings is 1. The number of amides is 1. The van der Waals surface area contributed by atoms with E-state index in [1.807, 2.05) is 30.3 Å². The number of sulfonamides is 1. The summed E-state index contributed by atoms with van der Waals surface area (Å²) in [5.74, 6) is -0.394. The average Bonchev–Trinajstić information content (AvgIpc) is 3.35. The number of fused-ring (bicyclic) bond motifs is 1. The minimum atomic E-state index is -3.72. The zero-order valence-electron chi connectivity index (χ0n) is 25.0. The molecule has 0 saturated carbocycles. The Labute approximate surface area is 249 Å². The number of nitrogens with zero attached hydrogens (tertiary/aromatic N) is 5. The Morgan fingerprint density at radius 3 is 2.60 bits per heavy atom. The fourth-order valence-corrected chi connectivity index (χ4v) is 6.64. The fourth-order valence-electron chi connectivity index (χ4n) is 4.68. The van der Waals surface area contributed by atoms with Crippen LogP contribution in [0.25, 0.3) is 10.9 Å². The number of carbonyl (C=O) groups is 1. The van der Waals surface area contributed by atoms with Gasteiger partial charge >= 0.3 is 0 Å². The molecule has 14 heteroatoms. The molecule has 3 N–H and O–H groups in total. The zero-order valence-corrected chi connectivity index (χ0v) is 26.8. The lowest BCUT2D eigenvalue weighted by Gasteiger charge is -2.27. The smallest absolute Gasteiger partial charge is 0.272 e. The average molecular weight is 618 g/mol. The van der Waals surface area contributed by atoms with Crippen LogP contribution in [0.15, 0.2) is 36.5 Å². The van der Waals surface area contributed by atoms with Crippen molar-refractivity contribution >= 4 is 46.4 Å². The first kappa shape index (κ1) is 31.9. The Balaban J connectivity index is 1.62. The van der Waals surface area contributed by atoms with Crippen molar-refractivity contribution < 1.29 is 22.7 Å². The van der Waals surface area contributed by atoms with Gasteiger partial charge in [-0.15, -0.1) is 0 Å². The number of morpholine rings is 1. The van der Waals surface area contributed by atoms with Gasteiger partial charge in [-0.3, -0.25) is 14.0 Å². The van der Waals surface area contributed by atoms with E-state index in [2.05, 4.69) is 39.9 Å². The van der Waals surface area contributed by atoms with E-state index >= 15 is 0 Å². The largest absolute Gasteiger partial charge is 0.383 e. The molecule has 0 atom stereocenters. The lowest BCUT2D eigenvalue weighted by molar-refractivity contribution is 0.0381. The Kier molecular flexibility index (Phi) is 10.6. The maximum absolute atomic E-state index is 13.5. The molecule has 1 saturated heterocycles. The van der Waals surface area contributed by atoms with Gasteiger partial charge in [0.2, 0.25) is 10.0 Å². The summed E-state index contributed by atoms with van der Waals surface area (Å²) in [4.78, 5) is 19.9. The van der Waals surface area contributed by atoms with Crippen LogP contribution in [0.4, 0.5) is 11.5 Å². The molecule has 1 amide bonds. The van der Waals surface area contributed by atoms with Crippen molar-refractivity contribution in [1.29, 1.82) is 0 Å². The third kappa shape index (κ3) is 8.28. The van der Waals surface area contributed by atoms with Crippen LogP contribution < -0.4 is 15.4 Å². The Morgan fingerprint density at radius 1 is 1.19 bits per heavy atom. The minimum Gasteiger partial charge on any atom is -0.383 e. The molecule has 4 rings (SSSR count). The Bertz CT molecular complexity index is 1450. The van der Waals surface area contributed by atoms with Crippen LogP contribution in [0.3, 0.4) is 0 Å². The summed E-state index contributed by atoms with van der Waals surface area (Å²) in [6.07, 6.45) is 1.90. The van der Waals surface area contributed by atoms with Crippen LogP contribution >= 0.6 is 0 Å². The summed E-state index contributed by atoms with van der Waals surface area (Å²) in [5, 5.41) is 7.76. The molecule has 3 aromatic rings. The summed E-state index contributed by atoms with van der Waals surface area (Å²) in [6.45, 7) is 11.2. The number of nitrogens with one attached hydrogen (secondary N) is 1. The first-order chi connectivity index (χ1) is 20.0. The van der Waals surface area contributed by atoms with Crippen molar-refractivity contribution in [3.05, 3.63) is 47.8 Å². The number of benzene rings is 1. The van der Waals surface area contributed by atoms with E-state index in [4.69, 9.17) is 15.2 Å². The van der Waals surface area contributed by atoms with Crippen LogP contribution in [0.5, 0.6) is 0 Å². The zero-order chi connectivity index (χ0) is 30.3. The molecule has 0 bridgehead atoms. The number of hydrogen-bond donors (Lipinski definition) is 2. The molecule has 42 heavy (non-hydrogen) atoms. The van der Waals surface area contributed by atoms with Gasteiger partial charge in [0.05, 0.1) is 36.2 Å². The number of nitrogens with two attached hydrogens (primary N) is 1. The second kappa shape index (κ2) is 14.0. The quantitative estimate of drug-likeness (QED) is 0.206. The molecule has 12 nitrogen and oxygen atoms in total. The first-order valence-corrected chi connectivity index (χ1v) is 19.6. The second-order valence-corrected chi connectivity index (χ2v) is 19.4. The molecule has 1 aliphatic rings. The summed E-state index contributed by atoms with van der Waals surface area (Å²) in [6, 6.07) is 10.5. The highest BCUT2D eigenvalue weighted by molar-refractivity contribution is 7.92. The standard InChI is InChI=1S/C28H43N7O5SSi/c1-33(41(37,38)17-8-11-34-12-14-39-15-13-34)23-20-30-27(29)24-25(28(36)31-19-22-9-6-5-7-10-22)32-35(26(23)24)21-40-16-18-42(2,3)4/h5-7,9-10,20H,8,11-19,21H2,1-4H3,(H2,29,30)(H,31,36). The van der Waals surface area contributed by atoms with E-state index in [0.717, 1.165) is 24.7 Å². The molecule has 0 radical (unpaired) electrons. The fraction of sp³-hybridized carbons (Fsp3) is 0.536. The number of aromatic nitrogens is 3. The Morgan fingerprint density at radius 2 is 1.90 bits per heavy atom. The molecular formula is C28H43N7O5SSi. The van der Waals surface area contributed by atoms with Gasteiger partial charge in [-0.05, 0) is 24.6 Å². The summed E-state index contributed by atoms with van der Waals surface area (Å²) < 4.78 is 41.0. The highest BCUT2D eigenvalue weighted by atomic mass is 32.2. The lowest BCUT2D eigenvalue weighted by Crippen LogP contribution is -2.38. The monoisotopic (exact) mass is 617 g/mol. The summed E-state index contributed by atoms with van der Waals surface area (Å²) in [7, 11) is -3.56. The summed E-state index contributed by atoms with van der Waals surface area (Å²) >= 11 is 0. The van der Waals surface area contributed by atoms with Crippen molar-refractivity contribution in [3.8, 4) is 0 Å². The predicted octanol–water partition coefficient (Wildman–Crippen LogP) is 2.74. The third-order valence-electron chi connectivity index (χ3n) is 7.23. The number of hydrogen-bond acceptors (Lipinski definition) is 9. The van der Waals surface area contributed by atoms with E-state index in [0.29, 0.717) is 50.2 Å². The van der Waals surface area contributed by atoms with Gasteiger partial charge in [-0.1, -0.05) is 50.0 Å². The van der Waals surface area contributed by atoms with Crippen LogP contribution in [-0.4, -0.2) is 94.3 Å². The van der Waals surface area contributed by atoms with E-state index in [1.165, 1.54) is 22.2 Å². The van der Waals surface area contributed by atoms with Gasteiger partial charge in [0.1, 0.15) is 18.1 Å². The van der Waals surface area contributed by atoms with Crippen molar-refractivity contribution in [1.82, 2.24) is 25.0 Å². The third-order valence-corrected chi connectivity index (χ3v) is 10.8. The topological polar surface area (TPSA) is 145 Å². The lowest BCUT2D eigenvalue weighted by atomic mass is 10.2. The van der Waals surface area contributed by atoms with Crippen LogP contribution in [0, 0.1) is 0 Å². The Hall–Kier alpha value is -3.04. The maximum atomic E-state index is 13.5. The predicted molar refractivity (Wildman–Crippen MR) is 168 cm³/mol. The number of rotatable bonds is 14. The van der Waals surface area contributed by atoms with E-state index in [-0.39, 0.29) is 29.7 Å². The van der Waals surface area contributed by atoms with Gasteiger partial charge in [0, 0.05) is 41.4 Å². The van der Waals surface area contributed by atoms with Crippen LogP contribution in [0.1, 0.15) is 22.5 Å². The van der Waals surface area contributed by atoms with Gasteiger partial charge in [0.15, 0.2) is 5.69 Å².